The Balaban J connectivity index is 1.42. The molecule has 2 heterocycles. The van der Waals surface area contributed by atoms with Crippen LogP contribution >= 0.6 is 23.6 Å². The van der Waals surface area contributed by atoms with Crippen LogP contribution in [-0.4, -0.2) is 69.1 Å². The average molecular weight is 546 g/mol. The molecule has 0 unspecified atom stereocenters. The zero-order chi connectivity index (χ0) is 25.7. The number of rotatable bonds is 7. The molecule has 36 heavy (non-hydrogen) atoms. The minimum Gasteiger partial charge on any atom is -0.497 e. The fourth-order valence-corrected chi connectivity index (χ4v) is 6.73. The lowest BCUT2D eigenvalue weighted by molar-refractivity contribution is 0.0602. The summed E-state index contributed by atoms with van der Waals surface area (Å²) >= 11 is 7.07. The highest BCUT2D eigenvalue weighted by Crippen LogP contribution is 2.31. The van der Waals surface area contributed by atoms with Crippen molar-refractivity contribution in [2.45, 2.75) is 11.3 Å². The van der Waals surface area contributed by atoms with Gasteiger partial charge >= 0.3 is 5.97 Å². The van der Waals surface area contributed by atoms with Gasteiger partial charge in [-0.25, -0.2) is 13.2 Å². The lowest BCUT2D eigenvalue weighted by Gasteiger charge is -2.35. The van der Waals surface area contributed by atoms with Crippen LogP contribution < -0.4 is 10.1 Å². The summed E-state index contributed by atoms with van der Waals surface area (Å²) in [6.07, 6.45) is 0.686. The van der Waals surface area contributed by atoms with Crippen molar-refractivity contribution in [2.24, 2.45) is 0 Å². The van der Waals surface area contributed by atoms with Crippen LogP contribution in [0, 0.1) is 0 Å². The Hall–Kier alpha value is -2.99. The summed E-state index contributed by atoms with van der Waals surface area (Å²) < 4.78 is 37.6. The van der Waals surface area contributed by atoms with Crippen molar-refractivity contribution < 1.29 is 22.7 Å². The van der Waals surface area contributed by atoms with E-state index < -0.39 is 16.0 Å². The van der Waals surface area contributed by atoms with Crippen LogP contribution in [0.25, 0.3) is 0 Å². The number of thiocarbonyl (C=S) groups is 1. The number of methoxy groups -OCH3 is 2. The molecule has 11 heteroatoms. The van der Waals surface area contributed by atoms with E-state index >= 15 is 0 Å². The first-order valence-corrected chi connectivity index (χ1v) is 13.9. The van der Waals surface area contributed by atoms with Crippen molar-refractivity contribution in [1.29, 1.82) is 0 Å². The number of piperazine rings is 1. The van der Waals surface area contributed by atoms with Gasteiger partial charge in [0, 0.05) is 37.5 Å². The number of carbonyl (C=O) groups excluding carboxylic acids is 1. The maximum atomic E-state index is 13.0. The zero-order valence-corrected chi connectivity index (χ0v) is 22.4. The number of nitrogens with zero attached hydrogens (tertiary/aromatic N) is 2. The average Bonchev–Trinajstić information content (AvgIpc) is 3.30. The van der Waals surface area contributed by atoms with Crippen LogP contribution in [0.15, 0.2) is 65.6 Å². The van der Waals surface area contributed by atoms with Gasteiger partial charge < -0.3 is 19.7 Å². The Bertz CT molecular complexity index is 1320. The molecule has 0 bridgehead atoms. The molecule has 4 rings (SSSR count). The highest BCUT2D eigenvalue weighted by atomic mass is 32.2. The van der Waals surface area contributed by atoms with Crippen LogP contribution in [0.5, 0.6) is 5.75 Å². The molecule has 0 amide bonds. The van der Waals surface area contributed by atoms with E-state index in [-0.39, 0.29) is 4.90 Å². The standard InChI is InChI=1S/C25H27N3O5S3/c1-32-19-8-10-21(11-9-19)36(30,31)28-14-12-27(13-15-28)25(34)26-23-22(24(29)33-2)17-20(35-23)16-18-6-4-3-5-7-18/h3-11,17H,12-16H2,1-2H3,(H,26,34). The van der Waals surface area contributed by atoms with Gasteiger partial charge in [0.2, 0.25) is 10.0 Å². The molecule has 1 aromatic heterocycles. The van der Waals surface area contributed by atoms with Crippen molar-refractivity contribution in [2.75, 3.05) is 45.7 Å². The summed E-state index contributed by atoms with van der Waals surface area (Å²) in [4.78, 5) is 15.5. The van der Waals surface area contributed by atoms with Gasteiger partial charge in [-0.05, 0) is 48.1 Å². The van der Waals surface area contributed by atoms with Gasteiger partial charge in [0.15, 0.2) is 5.11 Å². The van der Waals surface area contributed by atoms with Gasteiger partial charge in [0.1, 0.15) is 10.8 Å². The second-order valence-electron chi connectivity index (χ2n) is 8.11. The number of hydrogen-bond donors (Lipinski definition) is 1. The summed E-state index contributed by atoms with van der Waals surface area (Å²) in [7, 11) is -0.730. The summed E-state index contributed by atoms with van der Waals surface area (Å²) in [6, 6.07) is 18.2. The summed E-state index contributed by atoms with van der Waals surface area (Å²) in [5, 5.41) is 4.25. The predicted octanol–water partition coefficient (Wildman–Crippen LogP) is 3.84. The van der Waals surface area contributed by atoms with E-state index in [0.29, 0.717) is 54.0 Å². The summed E-state index contributed by atoms with van der Waals surface area (Å²) in [6.45, 7) is 1.45. The molecule has 1 aliphatic rings. The van der Waals surface area contributed by atoms with Gasteiger partial charge in [0.05, 0.1) is 24.7 Å². The minimum absolute atomic E-state index is 0.227. The fourth-order valence-electron chi connectivity index (χ4n) is 3.89. The molecule has 1 fully saturated rings. The number of esters is 1. The summed E-state index contributed by atoms with van der Waals surface area (Å²) in [5.41, 5.74) is 1.56. The SMILES string of the molecule is COC(=O)c1cc(Cc2ccccc2)sc1NC(=S)N1CCN(S(=O)(=O)c2ccc(OC)cc2)CC1. The molecular formula is C25H27N3O5S3. The van der Waals surface area contributed by atoms with Crippen LogP contribution in [0.2, 0.25) is 0 Å². The van der Waals surface area contributed by atoms with E-state index in [0.717, 1.165) is 10.4 Å². The molecule has 8 nitrogen and oxygen atoms in total. The van der Waals surface area contributed by atoms with Gasteiger partial charge in [-0.15, -0.1) is 11.3 Å². The first-order chi connectivity index (χ1) is 17.3. The van der Waals surface area contributed by atoms with Gasteiger partial charge in [-0.1, -0.05) is 30.3 Å². The summed E-state index contributed by atoms with van der Waals surface area (Å²) in [5.74, 6) is 0.160. The van der Waals surface area contributed by atoms with Crippen molar-refractivity contribution in [3.05, 3.63) is 76.7 Å². The third kappa shape index (κ3) is 5.86. The second kappa shape index (κ2) is 11.4. The molecule has 1 N–H and O–H groups in total. The molecule has 0 saturated carbocycles. The Morgan fingerprint density at radius 2 is 1.69 bits per heavy atom. The smallest absolute Gasteiger partial charge is 0.340 e. The van der Waals surface area contributed by atoms with Gasteiger partial charge in [0.25, 0.3) is 0 Å². The normalized spacial score (nSPS) is 14.3. The van der Waals surface area contributed by atoms with Crippen LogP contribution in [0.1, 0.15) is 20.8 Å². The van der Waals surface area contributed by atoms with E-state index in [1.807, 2.05) is 41.3 Å². The van der Waals surface area contributed by atoms with E-state index in [4.69, 9.17) is 21.7 Å². The zero-order valence-electron chi connectivity index (χ0n) is 20.0. The quantitative estimate of drug-likeness (QED) is 0.354. The maximum Gasteiger partial charge on any atom is 0.340 e. The molecule has 0 atom stereocenters. The van der Waals surface area contributed by atoms with Gasteiger partial charge in [-0.3, -0.25) is 0 Å². The first-order valence-electron chi connectivity index (χ1n) is 11.3. The van der Waals surface area contributed by atoms with Crippen molar-refractivity contribution >= 4 is 49.7 Å². The largest absolute Gasteiger partial charge is 0.497 e. The van der Waals surface area contributed by atoms with Crippen LogP contribution in [0.3, 0.4) is 0 Å². The van der Waals surface area contributed by atoms with E-state index in [1.54, 1.807) is 24.3 Å². The molecular weight excluding hydrogens is 518 g/mol. The minimum atomic E-state index is -3.61. The number of hydrogen-bond acceptors (Lipinski definition) is 7. The maximum absolute atomic E-state index is 13.0. The molecule has 1 aliphatic heterocycles. The third-order valence-electron chi connectivity index (χ3n) is 5.85. The highest BCUT2D eigenvalue weighted by molar-refractivity contribution is 7.89. The van der Waals surface area contributed by atoms with E-state index in [1.165, 1.54) is 29.9 Å². The number of carbonyl (C=O) groups is 1. The van der Waals surface area contributed by atoms with Gasteiger partial charge in [-0.2, -0.15) is 4.31 Å². The van der Waals surface area contributed by atoms with Crippen molar-refractivity contribution in [3.8, 4) is 5.75 Å². The van der Waals surface area contributed by atoms with Crippen molar-refractivity contribution in [1.82, 2.24) is 9.21 Å². The molecule has 3 aromatic rings. The topological polar surface area (TPSA) is 88.2 Å². The van der Waals surface area contributed by atoms with E-state index in [2.05, 4.69) is 5.32 Å². The molecule has 2 aromatic carbocycles. The molecule has 190 valence electrons. The fraction of sp³-hybridized carbons (Fsp3) is 0.280. The third-order valence-corrected chi connectivity index (χ3v) is 9.18. The molecule has 1 saturated heterocycles. The number of sulfonamides is 1. The second-order valence-corrected chi connectivity index (χ2v) is 11.6. The predicted molar refractivity (Wildman–Crippen MR) is 144 cm³/mol. The Labute approximate surface area is 220 Å². The Morgan fingerprint density at radius 3 is 2.31 bits per heavy atom. The monoisotopic (exact) mass is 545 g/mol. The lowest BCUT2D eigenvalue weighted by atomic mass is 10.1. The number of nitrogens with one attached hydrogen (secondary N) is 1. The molecule has 0 radical (unpaired) electrons. The number of anilines is 1. The number of thiophene rings is 1. The number of ether oxygens (including phenoxy) is 2. The Morgan fingerprint density at radius 1 is 1.03 bits per heavy atom. The highest BCUT2D eigenvalue weighted by Gasteiger charge is 2.30. The first kappa shape index (κ1) is 26.1. The molecule has 0 aliphatic carbocycles. The van der Waals surface area contributed by atoms with Crippen LogP contribution in [-0.2, 0) is 21.2 Å². The molecule has 0 spiro atoms. The lowest BCUT2D eigenvalue weighted by Crippen LogP contribution is -2.51. The van der Waals surface area contributed by atoms with Crippen LogP contribution in [0.4, 0.5) is 5.00 Å². The van der Waals surface area contributed by atoms with E-state index in [9.17, 15) is 13.2 Å². The Kier molecular flexibility index (Phi) is 8.24. The van der Waals surface area contributed by atoms with Crippen molar-refractivity contribution in [3.63, 3.8) is 0 Å². The number of benzene rings is 2.